The number of amides is 2. The van der Waals surface area contributed by atoms with Crippen molar-refractivity contribution in [1.82, 2.24) is 14.8 Å². The van der Waals surface area contributed by atoms with E-state index in [9.17, 15) is 9.59 Å². The van der Waals surface area contributed by atoms with Crippen molar-refractivity contribution in [3.63, 3.8) is 0 Å². The monoisotopic (exact) mass is 339 g/mol. The van der Waals surface area contributed by atoms with Crippen molar-refractivity contribution in [3.05, 3.63) is 23.9 Å². The third-order valence-electron chi connectivity index (χ3n) is 5.29. The Bertz CT molecular complexity index is 714. The third kappa shape index (κ3) is 3.16. The van der Waals surface area contributed by atoms with E-state index in [1.165, 1.54) is 0 Å². The quantitative estimate of drug-likeness (QED) is 0.806. The molecule has 130 valence electrons. The fourth-order valence-corrected chi connectivity index (χ4v) is 3.69. The van der Waals surface area contributed by atoms with Gasteiger partial charge in [0.25, 0.3) is 0 Å². The van der Waals surface area contributed by atoms with Crippen LogP contribution >= 0.6 is 0 Å². The molecular weight excluding hydrogens is 318 g/mol. The molecule has 2 saturated heterocycles. The lowest BCUT2D eigenvalue weighted by molar-refractivity contribution is -0.136. The molecule has 0 aromatic carbocycles. The van der Waals surface area contributed by atoms with Gasteiger partial charge in [-0.3, -0.25) is 9.59 Å². The summed E-state index contributed by atoms with van der Waals surface area (Å²) in [5, 5.41) is 8.84. The van der Waals surface area contributed by atoms with Gasteiger partial charge in [-0.25, -0.2) is 4.98 Å². The summed E-state index contributed by atoms with van der Waals surface area (Å²) in [5.41, 5.74) is 0.545. The van der Waals surface area contributed by atoms with E-state index in [1.807, 2.05) is 15.9 Å². The number of carbonyl (C=O) groups excluding carboxylic acids is 2. The van der Waals surface area contributed by atoms with Crippen LogP contribution in [0, 0.1) is 17.2 Å². The van der Waals surface area contributed by atoms with Gasteiger partial charge >= 0.3 is 0 Å². The Balaban J connectivity index is 1.33. The summed E-state index contributed by atoms with van der Waals surface area (Å²) in [4.78, 5) is 35.0. The summed E-state index contributed by atoms with van der Waals surface area (Å²) in [6.45, 7) is 3.33. The average Bonchev–Trinajstić information content (AvgIpc) is 3.43. The molecule has 0 unspecified atom stereocenters. The van der Waals surface area contributed by atoms with Gasteiger partial charge in [0.15, 0.2) is 0 Å². The molecule has 0 spiro atoms. The second-order valence-corrected chi connectivity index (χ2v) is 7.01. The first-order valence-corrected chi connectivity index (χ1v) is 8.85. The summed E-state index contributed by atoms with van der Waals surface area (Å²) in [7, 11) is 0. The van der Waals surface area contributed by atoms with E-state index in [0.717, 1.165) is 31.7 Å². The van der Waals surface area contributed by atoms with Gasteiger partial charge in [-0.05, 0) is 25.0 Å². The van der Waals surface area contributed by atoms with Crippen LogP contribution in [0.5, 0.6) is 0 Å². The summed E-state index contributed by atoms with van der Waals surface area (Å²) in [5.74, 6) is 0.917. The smallest absolute Gasteiger partial charge is 0.228 e. The number of nitrogens with zero attached hydrogens (tertiary/aromatic N) is 5. The van der Waals surface area contributed by atoms with Gasteiger partial charge in [-0.15, -0.1) is 0 Å². The molecule has 2 amide bonds. The van der Waals surface area contributed by atoms with Crippen LogP contribution < -0.4 is 4.90 Å². The lowest BCUT2D eigenvalue weighted by atomic mass is 10.1. The number of hydrogen-bond acceptors (Lipinski definition) is 5. The molecule has 0 N–H and O–H groups in total. The van der Waals surface area contributed by atoms with E-state index >= 15 is 0 Å². The minimum atomic E-state index is -0.173. The number of pyridine rings is 1. The molecule has 1 aliphatic carbocycles. The molecule has 1 aromatic heterocycles. The number of nitriles is 1. The van der Waals surface area contributed by atoms with Crippen LogP contribution in [0.3, 0.4) is 0 Å². The van der Waals surface area contributed by atoms with Crippen LogP contribution in [-0.4, -0.2) is 65.4 Å². The van der Waals surface area contributed by atoms with Crippen LogP contribution in [0.1, 0.15) is 24.8 Å². The molecule has 2 aliphatic heterocycles. The topological polar surface area (TPSA) is 80.5 Å². The van der Waals surface area contributed by atoms with Crippen molar-refractivity contribution < 1.29 is 9.59 Å². The zero-order valence-electron chi connectivity index (χ0n) is 14.1. The second kappa shape index (κ2) is 6.36. The highest BCUT2D eigenvalue weighted by molar-refractivity contribution is 5.89. The molecule has 3 fully saturated rings. The number of piperazine rings is 1. The van der Waals surface area contributed by atoms with Crippen molar-refractivity contribution in [3.8, 4) is 6.07 Å². The normalized spacial score (nSPS) is 23.7. The maximum Gasteiger partial charge on any atom is 0.228 e. The largest absolute Gasteiger partial charge is 0.353 e. The minimum absolute atomic E-state index is 0.115. The molecular formula is C18H21N5O2. The van der Waals surface area contributed by atoms with E-state index in [2.05, 4.69) is 16.0 Å². The standard InChI is InChI=1S/C18H21N5O2/c19-10-13-1-4-16(20-11-13)21-5-7-22(8-6-21)18(25)14-9-17(24)23(12-14)15-2-3-15/h1,4,11,14-15H,2-3,5-9,12H2/t14-/m0/s1. The predicted molar refractivity (Wildman–Crippen MR) is 90.6 cm³/mol. The predicted octanol–water partition coefficient (Wildman–Crippen LogP) is 0.613. The molecule has 0 bridgehead atoms. The van der Waals surface area contributed by atoms with Crippen LogP contribution in [0.15, 0.2) is 18.3 Å². The third-order valence-corrected chi connectivity index (χ3v) is 5.29. The van der Waals surface area contributed by atoms with E-state index < -0.39 is 0 Å². The van der Waals surface area contributed by atoms with E-state index in [4.69, 9.17) is 5.26 Å². The van der Waals surface area contributed by atoms with Gasteiger partial charge in [-0.1, -0.05) is 0 Å². The van der Waals surface area contributed by atoms with E-state index in [0.29, 0.717) is 37.7 Å². The van der Waals surface area contributed by atoms with E-state index in [1.54, 1.807) is 12.3 Å². The molecule has 25 heavy (non-hydrogen) atoms. The van der Waals surface area contributed by atoms with Crippen molar-refractivity contribution in [2.75, 3.05) is 37.6 Å². The summed E-state index contributed by atoms with van der Waals surface area (Å²) in [6, 6.07) is 6.06. The maximum atomic E-state index is 12.7. The summed E-state index contributed by atoms with van der Waals surface area (Å²) >= 11 is 0. The second-order valence-electron chi connectivity index (χ2n) is 7.01. The van der Waals surface area contributed by atoms with Crippen LogP contribution in [0.4, 0.5) is 5.82 Å². The van der Waals surface area contributed by atoms with E-state index in [-0.39, 0.29) is 17.7 Å². The van der Waals surface area contributed by atoms with Gasteiger partial charge in [0.05, 0.1) is 11.5 Å². The fraction of sp³-hybridized carbons (Fsp3) is 0.556. The molecule has 0 radical (unpaired) electrons. The molecule has 3 heterocycles. The molecule has 1 atom stereocenters. The van der Waals surface area contributed by atoms with Gasteiger partial charge < -0.3 is 14.7 Å². The lowest BCUT2D eigenvalue weighted by Crippen LogP contribution is -2.51. The Morgan fingerprint density at radius 1 is 1.20 bits per heavy atom. The van der Waals surface area contributed by atoms with Gasteiger partial charge in [0, 0.05) is 51.4 Å². The highest BCUT2D eigenvalue weighted by Crippen LogP contribution is 2.33. The first kappa shape index (κ1) is 15.9. The molecule has 1 saturated carbocycles. The molecule has 3 aliphatic rings. The van der Waals surface area contributed by atoms with Crippen molar-refractivity contribution in [2.24, 2.45) is 5.92 Å². The Morgan fingerprint density at radius 2 is 1.96 bits per heavy atom. The fourth-order valence-electron chi connectivity index (χ4n) is 3.69. The summed E-state index contributed by atoms with van der Waals surface area (Å²) < 4.78 is 0. The highest BCUT2D eigenvalue weighted by Gasteiger charge is 2.43. The highest BCUT2D eigenvalue weighted by atomic mass is 16.2. The zero-order chi connectivity index (χ0) is 17.4. The molecule has 7 nitrogen and oxygen atoms in total. The van der Waals surface area contributed by atoms with Gasteiger partial charge in [-0.2, -0.15) is 5.26 Å². The minimum Gasteiger partial charge on any atom is -0.353 e. The van der Waals surface area contributed by atoms with Crippen LogP contribution in [0.25, 0.3) is 0 Å². The zero-order valence-corrected chi connectivity index (χ0v) is 14.1. The number of likely N-dealkylation sites (tertiary alicyclic amines) is 1. The molecule has 4 rings (SSSR count). The van der Waals surface area contributed by atoms with Crippen molar-refractivity contribution >= 4 is 17.6 Å². The Kier molecular flexibility index (Phi) is 4.04. The van der Waals surface area contributed by atoms with Crippen molar-refractivity contribution in [2.45, 2.75) is 25.3 Å². The van der Waals surface area contributed by atoms with Crippen LogP contribution in [-0.2, 0) is 9.59 Å². The molecule has 1 aromatic rings. The Morgan fingerprint density at radius 3 is 2.56 bits per heavy atom. The number of aromatic nitrogens is 1. The molecule has 7 heteroatoms. The maximum absolute atomic E-state index is 12.7. The number of carbonyl (C=O) groups is 2. The Labute approximate surface area is 146 Å². The van der Waals surface area contributed by atoms with Crippen LogP contribution in [0.2, 0.25) is 0 Å². The van der Waals surface area contributed by atoms with Gasteiger partial charge in [0.1, 0.15) is 11.9 Å². The lowest BCUT2D eigenvalue weighted by Gasteiger charge is -2.36. The van der Waals surface area contributed by atoms with Gasteiger partial charge in [0.2, 0.25) is 11.8 Å². The number of hydrogen-bond donors (Lipinski definition) is 0. The Hall–Kier alpha value is -2.62. The SMILES string of the molecule is N#Cc1ccc(N2CCN(C(=O)[C@H]3CC(=O)N(C4CC4)C3)CC2)nc1. The first-order chi connectivity index (χ1) is 12.2. The first-order valence-electron chi connectivity index (χ1n) is 8.85. The summed E-state index contributed by atoms with van der Waals surface area (Å²) in [6.07, 6.45) is 4.11. The number of rotatable bonds is 3. The average molecular weight is 339 g/mol. The number of anilines is 1. The van der Waals surface area contributed by atoms with Crippen molar-refractivity contribution in [1.29, 1.82) is 5.26 Å².